The Morgan fingerprint density at radius 3 is 2.48 bits per heavy atom. The van der Waals surface area contributed by atoms with E-state index in [1.807, 2.05) is 0 Å². The van der Waals surface area contributed by atoms with Crippen molar-refractivity contribution < 1.29 is 27.7 Å². The number of carbonyl (C=O) groups is 2. The van der Waals surface area contributed by atoms with Crippen LogP contribution in [-0.4, -0.2) is 50.2 Å². The average molecular weight is 442 g/mol. The van der Waals surface area contributed by atoms with Crippen molar-refractivity contribution in [3.8, 4) is 0 Å². The zero-order valence-corrected chi connectivity index (χ0v) is 16.9. The zero-order valence-electron chi connectivity index (χ0n) is 15.3. The first-order chi connectivity index (χ1) is 13.5. The second-order valence-electron chi connectivity index (χ2n) is 5.86. The normalized spacial score (nSPS) is 11.2. The molecule has 0 heterocycles. The summed E-state index contributed by atoms with van der Waals surface area (Å²) in [5.74, 6) is -1.63. The molecule has 0 aromatic heterocycles. The lowest BCUT2D eigenvalue weighted by Gasteiger charge is -2.12. The lowest BCUT2D eigenvalue weighted by Crippen LogP contribution is -2.23. The smallest absolute Gasteiger partial charge is 0.338 e. The summed E-state index contributed by atoms with van der Waals surface area (Å²) in [6, 6.07) is 8.67. The number of anilines is 1. The standard InChI is InChI=1S/C17H16ClN3O7S/c1-20(2)29(26,27)13-5-3-4-11(8-13)17(23)28-10-16(22)19-15-7-6-12(21(24)25)9-14(15)18/h3-9H,10H2,1-2H3,(H,19,22). The largest absolute Gasteiger partial charge is 0.452 e. The highest BCUT2D eigenvalue weighted by Gasteiger charge is 2.20. The van der Waals surface area contributed by atoms with Crippen molar-refractivity contribution in [2.24, 2.45) is 0 Å². The predicted molar refractivity (Wildman–Crippen MR) is 104 cm³/mol. The molecule has 12 heteroatoms. The van der Waals surface area contributed by atoms with E-state index in [9.17, 15) is 28.1 Å². The fourth-order valence-corrected chi connectivity index (χ4v) is 3.28. The molecule has 10 nitrogen and oxygen atoms in total. The first-order valence-corrected chi connectivity index (χ1v) is 9.77. The Kier molecular flexibility index (Phi) is 6.90. The van der Waals surface area contributed by atoms with E-state index in [4.69, 9.17) is 16.3 Å². The van der Waals surface area contributed by atoms with Gasteiger partial charge < -0.3 is 10.1 Å². The Morgan fingerprint density at radius 1 is 1.21 bits per heavy atom. The predicted octanol–water partition coefficient (Wildman–Crippen LogP) is 2.29. The van der Waals surface area contributed by atoms with Crippen molar-refractivity contribution in [2.75, 3.05) is 26.0 Å². The van der Waals surface area contributed by atoms with Crippen molar-refractivity contribution in [1.29, 1.82) is 0 Å². The van der Waals surface area contributed by atoms with E-state index in [1.54, 1.807) is 0 Å². The second kappa shape index (κ2) is 8.99. The van der Waals surface area contributed by atoms with Crippen LogP contribution in [0.15, 0.2) is 47.4 Å². The van der Waals surface area contributed by atoms with Gasteiger partial charge in [0.05, 0.1) is 26.1 Å². The maximum atomic E-state index is 12.1. The van der Waals surface area contributed by atoms with Gasteiger partial charge in [-0.2, -0.15) is 0 Å². The van der Waals surface area contributed by atoms with Gasteiger partial charge in [-0.25, -0.2) is 17.5 Å². The number of non-ortho nitro benzene ring substituents is 1. The van der Waals surface area contributed by atoms with Crippen LogP contribution < -0.4 is 5.32 Å². The van der Waals surface area contributed by atoms with Gasteiger partial charge in [-0.15, -0.1) is 0 Å². The minimum absolute atomic E-state index is 0.0471. The second-order valence-corrected chi connectivity index (χ2v) is 8.42. The molecule has 0 spiro atoms. The highest BCUT2D eigenvalue weighted by atomic mass is 35.5. The maximum absolute atomic E-state index is 12.1. The van der Waals surface area contributed by atoms with Crippen LogP contribution in [0.5, 0.6) is 0 Å². The number of hydrogen-bond acceptors (Lipinski definition) is 7. The van der Waals surface area contributed by atoms with Gasteiger partial charge in [0.25, 0.3) is 11.6 Å². The Balaban J connectivity index is 2.02. The zero-order chi connectivity index (χ0) is 21.8. The Hall–Kier alpha value is -3.02. The number of nitrogens with zero attached hydrogens (tertiary/aromatic N) is 2. The van der Waals surface area contributed by atoms with Crippen molar-refractivity contribution in [3.05, 3.63) is 63.2 Å². The Morgan fingerprint density at radius 2 is 1.90 bits per heavy atom. The fourth-order valence-electron chi connectivity index (χ4n) is 2.11. The number of esters is 1. The molecule has 0 aliphatic rings. The molecule has 0 fully saturated rings. The van der Waals surface area contributed by atoms with Gasteiger partial charge in [-0.05, 0) is 24.3 Å². The van der Waals surface area contributed by atoms with E-state index in [-0.39, 0.29) is 26.9 Å². The fraction of sp³-hybridized carbons (Fsp3) is 0.176. The molecule has 2 aromatic carbocycles. The topological polar surface area (TPSA) is 136 Å². The molecule has 2 aromatic rings. The highest BCUT2D eigenvalue weighted by molar-refractivity contribution is 7.89. The number of amides is 1. The maximum Gasteiger partial charge on any atom is 0.338 e. The minimum atomic E-state index is -3.74. The number of benzene rings is 2. The van der Waals surface area contributed by atoms with E-state index >= 15 is 0 Å². The number of sulfonamides is 1. The third kappa shape index (κ3) is 5.50. The average Bonchev–Trinajstić information content (AvgIpc) is 2.67. The number of nitro benzene ring substituents is 1. The molecule has 0 radical (unpaired) electrons. The first kappa shape index (κ1) is 22.3. The molecule has 0 bridgehead atoms. The van der Waals surface area contributed by atoms with E-state index in [1.165, 1.54) is 38.4 Å². The van der Waals surface area contributed by atoms with Gasteiger partial charge in [0.15, 0.2) is 6.61 Å². The molecule has 1 amide bonds. The van der Waals surface area contributed by atoms with E-state index in [0.717, 1.165) is 22.5 Å². The third-order valence-corrected chi connectivity index (χ3v) is 5.74. The number of ether oxygens (including phenoxy) is 1. The van der Waals surface area contributed by atoms with Crippen LogP contribution in [0, 0.1) is 10.1 Å². The Bertz CT molecular complexity index is 1070. The summed E-state index contributed by atoms with van der Waals surface area (Å²) < 4.78 is 30.1. The highest BCUT2D eigenvalue weighted by Crippen LogP contribution is 2.26. The molecule has 0 saturated carbocycles. The molecule has 154 valence electrons. The van der Waals surface area contributed by atoms with Gasteiger partial charge in [0, 0.05) is 26.2 Å². The number of nitro groups is 1. The van der Waals surface area contributed by atoms with E-state index in [0.29, 0.717) is 0 Å². The minimum Gasteiger partial charge on any atom is -0.452 e. The summed E-state index contributed by atoms with van der Waals surface area (Å²) in [7, 11) is -1.03. The summed E-state index contributed by atoms with van der Waals surface area (Å²) in [4.78, 5) is 34.0. The first-order valence-electron chi connectivity index (χ1n) is 7.96. The summed E-state index contributed by atoms with van der Waals surface area (Å²) in [6.07, 6.45) is 0. The quantitative estimate of drug-likeness (QED) is 0.395. The van der Waals surface area contributed by atoms with Gasteiger partial charge in [0.2, 0.25) is 10.0 Å². The van der Waals surface area contributed by atoms with Crippen LogP contribution in [0.3, 0.4) is 0 Å². The summed E-state index contributed by atoms with van der Waals surface area (Å²) in [5, 5.41) is 13.0. The van der Waals surface area contributed by atoms with Crippen LogP contribution in [-0.2, 0) is 19.6 Å². The van der Waals surface area contributed by atoms with Crippen LogP contribution in [0.2, 0.25) is 5.02 Å². The van der Waals surface area contributed by atoms with Crippen molar-refractivity contribution >= 4 is 44.9 Å². The van der Waals surface area contributed by atoms with Crippen molar-refractivity contribution in [2.45, 2.75) is 4.90 Å². The van der Waals surface area contributed by atoms with Gasteiger partial charge >= 0.3 is 5.97 Å². The Labute approximate surface area is 171 Å². The summed E-state index contributed by atoms with van der Waals surface area (Å²) in [6.45, 7) is -0.670. The van der Waals surface area contributed by atoms with E-state index in [2.05, 4.69) is 5.32 Å². The number of nitrogens with one attached hydrogen (secondary N) is 1. The number of rotatable bonds is 7. The molecule has 0 aliphatic carbocycles. The lowest BCUT2D eigenvalue weighted by atomic mass is 10.2. The number of carbonyl (C=O) groups excluding carboxylic acids is 2. The van der Waals surface area contributed by atoms with Gasteiger partial charge in [-0.3, -0.25) is 14.9 Å². The summed E-state index contributed by atoms with van der Waals surface area (Å²) in [5.41, 5.74) is -0.182. The van der Waals surface area contributed by atoms with Gasteiger partial charge in [-0.1, -0.05) is 17.7 Å². The van der Waals surface area contributed by atoms with Crippen LogP contribution in [0.25, 0.3) is 0 Å². The number of hydrogen-bond donors (Lipinski definition) is 1. The molecule has 29 heavy (non-hydrogen) atoms. The molecule has 0 aliphatic heterocycles. The van der Waals surface area contributed by atoms with Crippen molar-refractivity contribution in [3.63, 3.8) is 0 Å². The molecule has 0 unspecified atom stereocenters. The van der Waals surface area contributed by atoms with Crippen LogP contribution >= 0.6 is 11.6 Å². The van der Waals surface area contributed by atoms with Crippen LogP contribution in [0.1, 0.15) is 10.4 Å². The monoisotopic (exact) mass is 441 g/mol. The number of halogens is 1. The third-order valence-electron chi connectivity index (χ3n) is 3.62. The molecular formula is C17H16ClN3O7S. The van der Waals surface area contributed by atoms with Gasteiger partial charge in [0.1, 0.15) is 0 Å². The van der Waals surface area contributed by atoms with Crippen molar-refractivity contribution in [1.82, 2.24) is 4.31 Å². The lowest BCUT2D eigenvalue weighted by molar-refractivity contribution is -0.384. The SMILES string of the molecule is CN(C)S(=O)(=O)c1cccc(C(=O)OCC(=O)Nc2ccc([N+](=O)[O-])cc2Cl)c1. The van der Waals surface area contributed by atoms with E-state index < -0.39 is 33.4 Å². The van der Waals surface area contributed by atoms with Crippen LogP contribution in [0.4, 0.5) is 11.4 Å². The molecule has 2 rings (SSSR count). The molecule has 0 atom stereocenters. The summed E-state index contributed by atoms with van der Waals surface area (Å²) >= 11 is 5.87. The molecule has 1 N–H and O–H groups in total. The molecular weight excluding hydrogens is 426 g/mol. The molecule has 0 saturated heterocycles.